The van der Waals surface area contributed by atoms with Crippen LogP contribution in [-0.2, 0) is 11.8 Å². The van der Waals surface area contributed by atoms with E-state index in [9.17, 15) is 0 Å². The molecule has 3 aromatic rings. The maximum atomic E-state index is 6.14. The molecule has 3 heterocycles. The highest BCUT2D eigenvalue weighted by atomic mass is 79.9. The highest BCUT2D eigenvalue weighted by molar-refractivity contribution is 9.10. The first kappa shape index (κ1) is 16.8. The van der Waals surface area contributed by atoms with Gasteiger partial charge in [0.05, 0.1) is 24.6 Å². The number of anilines is 1. The Labute approximate surface area is 158 Å². The lowest BCUT2D eigenvalue weighted by molar-refractivity contribution is 0.0213. The van der Waals surface area contributed by atoms with Crippen molar-refractivity contribution < 1.29 is 4.74 Å². The molecule has 2 aromatic heterocycles. The molecular weight excluding hydrogens is 406 g/mol. The molecule has 0 spiro atoms. The fraction of sp³-hybridized carbons (Fsp3) is 0.353. The highest BCUT2D eigenvalue weighted by Gasteiger charge is 2.30. The number of ether oxygens (including phenoxy) is 1. The van der Waals surface area contributed by atoms with E-state index >= 15 is 0 Å². The molecule has 0 amide bonds. The summed E-state index contributed by atoms with van der Waals surface area (Å²) < 4.78 is 8.56. The number of aromatic nitrogens is 4. The van der Waals surface area contributed by atoms with Gasteiger partial charge in [-0.15, -0.1) is 0 Å². The number of hydrogen-bond donors (Lipinski definition) is 0. The summed E-state index contributed by atoms with van der Waals surface area (Å²) in [5.74, 6) is 0.868. The van der Waals surface area contributed by atoms with Gasteiger partial charge in [0.2, 0.25) is 0 Å². The van der Waals surface area contributed by atoms with Gasteiger partial charge in [-0.1, -0.05) is 23.7 Å². The normalized spacial score (nSPS) is 21.0. The van der Waals surface area contributed by atoms with E-state index in [-0.39, 0.29) is 12.1 Å². The molecule has 0 saturated carbocycles. The Hall–Kier alpha value is -1.70. The Morgan fingerprint density at radius 2 is 2.16 bits per heavy atom. The topological polar surface area (TPSA) is 56.1 Å². The van der Waals surface area contributed by atoms with Gasteiger partial charge >= 0.3 is 0 Å². The molecule has 130 valence electrons. The number of morpholine rings is 1. The van der Waals surface area contributed by atoms with E-state index in [0.717, 1.165) is 27.0 Å². The Morgan fingerprint density at radius 1 is 1.32 bits per heavy atom. The van der Waals surface area contributed by atoms with Crippen molar-refractivity contribution in [1.82, 2.24) is 19.7 Å². The fourth-order valence-corrected chi connectivity index (χ4v) is 4.00. The van der Waals surface area contributed by atoms with Crippen LogP contribution in [0, 0.1) is 0 Å². The predicted octanol–water partition coefficient (Wildman–Crippen LogP) is 3.75. The molecule has 1 fully saturated rings. The lowest BCUT2D eigenvalue weighted by atomic mass is 10.1. The van der Waals surface area contributed by atoms with Gasteiger partial charge in [-0.2, -0.15) is 5.10 Å². The monoisotopic (exact) mass is 421 g/mol. The van der Waals surface area contributed by atoms with Gasteiger partial charge in [-0.3, -0.25) is 0 Å². The number of halogens is 2. The molecule has 2 unspecified atom stereocenters. The minimum Gasteiger partial charge on any atom is -0.370 e. The molecule has 0 bridgehead atoms. The Kier molecular flexibility index (Phi) is 4.39. The van der Waals surface area contributed by atoms with Crippen LogP contribution in [0.2, 0.25) is 5.02 Å². The summed E-state index contributed by atoms with van der Waals surface area (Å²) >= 11 is 9.68. The number of fused-ring (bicyclic) bond motifs is 1. The van der Waals surface area contributed by atoms with Crippen molar-refractivity contribution in [2.24, 2.45) is 7.05 Å². The van der Waals surface area contributed by atoms with Crippen molar-refractivity contribution >= 4 is 44.4 Å². The Morgan fingerprint density at radius 3 is 2.96 bits per heavy atom. The van der Waals surface area contributed by atoms with Crippen molar-refractivity contribution in [3.05, 3.63) is 45.8 Å². The average molecular weight is 423 g/mol. The Bertz CT molecular complexity index is 931. The zero-order valence-corrected chi connectivity index (χ0v) is 16.2. The van der Waals surface area contributed by atoms with Crippen molar-refractivity contribution in [1.29, 1.82) is 0 Å². The lowest BCUT2D eigenvalue weighted by Gasteiger charge is -2.39. The van der Waals surface area contributed by atoms with E-state index in [0.29, 0.717) is 18.2 Å². The molecule has 0 radical (unpaired) electrons. The van der Waals surface area contributed by atoms with Crippen molar-refractivity contribution in [3.63, 3.8) is 0 Å². The smallest absolute Gasteiger partial charge is 0.164 e. The van der Waals surface area contributed by atoms with Gasteiger partial charge in [-0.25, -0.2) is 14.6 Å². The van der Waals surface area contributed by atoms with E-state index in [2.05, 4.69) is 42.8 Å². The van der Waals surface area contributed by atoms with E-state index in [1.807, 2.05) is 31.3 Å². The third-order valence-corrected chi connectivity index (χ3v) is 5.27. The second-order valence-electron chi connectivity index (χ2n) is 6.19. The van der Waals surface area contributed by atoms with Crippen LogP contribution in [-0.4, -0.2) is 38.9 Å². The maximum Gasteiger partial charge on any atom is 0.164 e. The summed E-state index contributed by atoms with van der Waals surface area (Å²) in [4.78, 5) is 11.2. The third kappa shape index (κ3) is 3.01. The van der Waals surface area contributed by atoms with Crippen molar-refractivity contribution in [3.8, 4) is 0 Å². The zero-order valence-electron chi connectivity index (χ0n) is 13.9. The first-order valence-electron chi connectivity index (χ1n) is 8.01. The standard InChI is InChI=1S/C17H17BrClN5O/c1-10-8-25-13(11-4-3-5-12(19)6-11)7-24(10)17-14-15(18)22-23(2)16(14)20-9-21-17/h3-6,9-10,13H,7-8H2,1-2H3. The van der Waals surface area contributed by atoms with E-state index in [1.54, 1.807) is 11.0 Å². The predicted molar refractivity (Wildman–Crippen MR) is 101 cm³/mol. The number of benzene rings is 1. The summed E-state index contributed by atoms with van der Waals surface area (Å²) in [7, 11) is 1.88. The van der Waals surface area contributed by atoms with Crippen molar-refractivity contribution in [2.45, 2.75) is 19.1 Å². The van der Waals surface area contributed by atoms with Gasteiger partial charge in [-0.05, 0) is 40.5 Å². The fourth-order valence-electron chi connectivity index (χ4n) is 3.20. The van der Waals surface area contributed by atoms with Crippen LogP contribution in [0.15, 0.2) is 35.2 Å². The molecule has 8 heteroatoms. The summed E-state index contributed by atoms with van der Waals surface area (Å²) in [5, 5.41) is 6.05. The highest BCUT2D eigenvalue weighted by Crippen LogP contribution is 2.34. The van der Waals surface area contributed by atoms with Crippen LogP contribution in [0.25, 0.3) is 11.0 Å². The SMILES string of the molecule is CC1COC(c2cccc(Cl)c2)CN1c1ncnc2c1c(Br)nn2C. The maximum absolute atomic E-state index is 6.14. The Balaban J connectivity index is 1.74. The van der Waals surface area contributed by atoms with Gasteiger partial charge in [0.1, 0.15) is 22.9 Å². The molecular formula is C17H17BrClN5O. The molecule has 1 aliphatic heterocycles. The summed E-state index contributed by atoms with van der Waals surface area (Å²) in [6.07, 6.45) is 1.53. The summed E-state index contributed by atoms with van der Waals surface area (Å²) in [6, 6.07) is 8.01. The summed E-state index contributed by atoms with van der Waals surface area (Å²) in [6.45, 7) is 3.43. The van der Waals surface area contributed by atoms with Gasteiger partial charge in [0.15, 0.2) is 5.65 Å². The van der Waals surface area contributed by atoms with Crippen molar-refractivity contribution in [2.75, 3.05) is 18.1 Å². The van der Waals surface area contributed by atoms with Gasteiger partial charge in [0, 0.05) is 12.1 Å². The van der Waals surface area contributed by atoms with Gasteiger partial charge in [0.25, 0.3) is 0 Å². The quantitative estimate of drug-likeness (QED) is 0.629. The average Bonchev–Trinajstić information content (AvgIpc) is 2.90. The minimum atomic E-state index is -0.0598. The number of aryl methyl sites for hydroxylation is 1. The van der Waals surface area contributed by atoms with Crippen LogP contribution < -0.4 is 4.90 Å². The van der Waals surface area contributed by atoms with Gasteiger partial charge < -0.3 is 9.64 Å². The van der Waals surface area contributed by atoms with E-state index in [4.69, 9.17) is 16.3 Å². The second kappa shape index (κ2) is 6.55. The molecule has 25 heavy (non-hydrogen) atoms. The van der Waals surface area contributed by atoms with Crippen LogP contribution >= 0.6 is 27.5 Å². The molecule has 4 rings (SSSR count). The second-order valence-corrected chi connectivity index (χ2v) is 7.38. The molecule has 1 aliphatic rings. The molecule has 2 atom stereocenters. The lowest BCUT2D eigenvalue weighted by Crippen LogP contribution is -2.45. The third-order valence-electron chi connectivity index (χ3n) is 4.48. The number of hydrogen-bond acceptors (Lipinski definition) is 5. The molecule has 1 aromatic carbocycles. The van der Waals surface area contributed by atoms with E-state index < -0.39 is 0 Å². The van der Waals surface area contributed by atoms with Crippen LogP contribution in [0.5, 0.6) is 0 Å². The largest absolute Gasteiger partial charge is 0.370 e. The molecule has 6 nitrogen and oxygen atoms in total. The molecule has 0 aliphatic carbocycles. The van der Waals surface area contributed by atoms with Crippen LogP contribution in [0.3, 0.4) is 0 Å². The number of rotatable bonds is 2. The first-order valence-corrected chi connectivity index (χ1v) is 9.18. The van der Waals surface area contributed by atoms with Crippen LogP contribution in [0.4, 0.5) is 5.82 Å². The minimum absolute atomic E-state index is 0.0598. The molecule has 0 N–H and O–H groups in total. The first-order chi connectivity index (χ1) is 12.0. The molecule has 1 saturated heterocycles. The van der Waals surface area contributed by atoms with E-state index in [1.165, 1.54) is 0 Å². The zero-order chi connectivity index (χ0) is 17.6. The summed E-state index contributed by atoms with van der Waals surface area (Å²) in [5.41, 5.74) is 1.87. The number of nitrogens with zero attached hydrogens (tertiary/aromatic N) is 5. The van der Waals surface area contributed by atoms with Crippen LogP contribution in [0.1, 0.15) is 18.6 Å².